The number of esters is 1. The number of alkyl carbamates (subject to hydrolysis) is 1. The fourth-order valence-corrected chi connectivity index (χ4v) is 3.71. The topological polar surface area (TPSA) is 73.9 Å². The zero-order valence-corrected chi connectivity index (χ0v) is 19.3. The molecule has 1 aromatic carbocycles. The summed E-state index contributed by atoms with van der Waals surface area (Å²) in [4.78, 5) is 25.0. The molecular formula is C24H36FNO5. The number of benzene rings is 1. The van der Waals surface area contributed by atoms with Crippen molar-refractivity contribution in [2.45, 2.75) is 90.6 Å². The Balaban J connectivity index is 2.15. The molecule has 1 fully saturated rings. The van der Waals surface area contributed by atoms with Crippen molar-refractivity contribution >= 4 is 12.1 Å². The Hall–Kier alpha value is -2.15. The standard InChI is InChI=1S/C24H36FNO5/c1-6-7-8-21-19(15-17-9-11-18(25)12-10-17)16(2)30-22(27)20(13-14-29-21)26-23(28)31-24(3,4)5/h9-12,16,19-21H,6-8,13-15H2,1-5H3,(H,26,28)/t16-,19-,20-,21+/m0/s1. The lowest BCUT2D eigenvalue weighted by Crippen LogP contribution is -2.45. The van der Waals surface area contributed by atoms with Crippen LogP contribution in [0.15, 0.2) is 24.3 Å². The Bertz CT molecular complexity index is 716. The van der Waals surface area contributed by atoms with Gasteiger partial charge in [0.1, 0.15) is 23.6 Å². The molecule has 0 bridgehead atoms. The van der Waals surface area contributed by atoms with Gasteiger partial charge in [0.15, 0.2) is 0 Å². The van der Waals surface area contributed by atoms with Gasteiger partial charge in [-0.25, -0.2) is 14.0 Å². The summed E-state index contributed by atoms with van der Waals surface area (Å²) in [6.07, 6.45) is 2.57. The number of hydrogen-bond acceptors (Lipinski definition) is 5. The van der Waals surface area contributed by atoms with Crippen molar-refractivity contribution in [1.82, 2.24) is 5.32 Å². The summed E-state index contributed by atoms with van der Waals surface area (Å²) in [6, 6.07) is 5.53. The SMILES string of the molecule is CCCC[C@H]1OCC[C@H](NC(=O)OC(C)(C)C)C(=O)O[C@@H](C)[C@@H]1Cc1ccc(F)cc1. The number of carbonyl (C=O) groups is 2. The predicted octanol–water partition coefficient (Wildman–Crippen LogP) is 4.79. The molecule has 4 atom stereocenters. The molecule has 0 unspecified atom stereocenters. The Morgan fingerprint density at radius 1 is 1.26 bits per heavy atom. The molecule has 1 aliphatic rings. The Labute approximate surface area is 184 Å². The van der Waals surface area contributed by atoms with Crippen LogP contribution >= 0.6 is 0 Å². The van der Waals surface area contributed by atoms with Crippen LogP contribution in [0.2, 0.25) is 0 Å². The fourth-order valence-electron chi connectivity index (χ4n) is 3.71. The Morgan fingerprint density at radius 3 is 2.55 bits per heavy atom. The normalized spacial score (nSPS) is 25.0. The molecule has 174 valence electrons. The van der Waals surface area contributed by atoms with Crippen LogP contribution in [0, 0.1) is 11.7 Å². The number of carbonyl (C=O) groups excluding carboxylic acids is 2. The molecule has 0 spiro atoms. The first-order valence-electron chi connectivity index (χ1n) is 11.1. The van der Waals surface area contributed by atoms with Gasteiger partial charge in [-0.3, -0.25) is 0 Å². The van der Waals surface area contributed by atoms with Gasteiger partial charge in [0.25, 0.3) is 0 Å². The summed E-state index contributed by atoms with van der Waals surface area (Å²) in [7, 11) is 0. The number of nitrogens with one attached hydrogen (secondary N) is 1. The van der Waals surface area contributed by atoms with E-state index in [-0.39, 0.29) is 17.8 Å². The lowest BCUT2D eigenvalue weighted by Gasteiger charge is -2.31. The van der Waals surface area contributed by atoms with E-state index in [1.165, 1.54) is 12.1 Å². The highest BCUT2D eigenvalue weighted by Gasteiger charge is 2.35. The van der Waals surface area contributed by atoms with Gasteiger partial charge in [0.2, 0.25) is 0 Å². The molecule has 1 amide bonds. The molecule has 7 heteroatoms. The molecule has 1 N–H and O–H groups in total. The monoisotopic (exact) mass is 437 g/mol. The van der Waals surface area contributed by atoms with Crippen LogP contribution in [0.4, 0.5) is 9.18 Å². The van der Waals surface area contributed by atoms with Gasteiger partial charge in [-0.15, -0.1) is 0 Å². The summed E-state index contributed by atoms with van der Waals surface area (Å²) >= 11 is 0. The van der Waals surface area contributed by atoms with E-state index >= 15 is 0 Å². The molecule has 1 saturated heterocycles. The van der Waals surface area contributed by atoms with E-state index in [0.717, 1.165) is 24.8 Å². The maximum Gasteiger partial charge on any atom is 0.408 e. The average molecular weight is 438 g/mol. The van der Waals surface area contributed by atoms with Crippen molar-refractivity contribution in [2.24, 2.45) is 5.92 Å². The third-order valence-electron chi connectivity index (χ3n) is 5.32. The maximum absolute atomic E-state index is 13.3. The van der Waals surface area contributed by atoms with Crippen LogP contribution < -0.4 is 5.32 Å². The zero-order chi connectivity index (χ0) is 23.0. The molecule has 6 nitrogen and oxygen atoms in total. The number of ether oxygens (including phenoxy) is 3. The van der Waals surface area contributed by atoms with Gasteiger partial charge >= 0.3 is 12.1 Å². The summed E-state index contributed by atoms with van der Waals surface area (Å²) in [5, 5.41) is 2.61. The second kappa shape index (κ2) is 11.5. The van der Waals surface area contributed by atoms with Crippen molar-refractivity contribution in [3.63, 3.8) is 0 Å². The quantitative estimate of drug-likeness (QED) is 0.648. The van der Waals surface area contributed by atoms with Crippen molar-refractivity contribution in [1.29, 1.82) is 0 Å². The van der Waals surface area contributed by atoms with Gasteiger partial charge in [-0.2, -0.15) is 0 Å². The first-order chi connectivity index (χ1) is 14.6. The van der Waals surface area contributed by atoms with Gasteiger partial charge in [0.05, 0.1) is 6.10 Å². The number of hydrogen-bond donors (Lipinski definition) is 1. The van der Waals surface area contributed by atoms with E-state index < -0.39 is 29.8 Å². The molecular weight excluding hydrogens is 401 g/mol. The minimum absolute atomic E-state index is 0.0822. The van der Waals surface area contributed by atoms with Crippen LogP contribution in [-0.4, -0.2) is 42.5 Å². The predicted molar refractivity (Wildman–Crippen MR) is 116 cm³/mol. The number of cyclic esters (lactones) is 1. The van der Waals surface area contributed by atoms with Crippen LogP contribution in [0.3, 0.4) is 0 Å². The van der Waals surface area contributed by atoms with E-state index in [0.29, 0.717) is 19.4 Å². The highest BCUT2D eigenvalue weighted by Crippen LogP contribution is 2.27. The lowest BCUT2D eigenvalue weighted by molar-refractivity contribution is -0.154. The van der Waals surface area contributed by atoms with E-state index in [4.69, 9.17) is 14.2 Å². The highest BCUT2D eigenvalue weighted by atomic mass is 19.1. The van der Waals surface area contributed by atoms with Crippen molar-refractivity contribution in [2.75, 3.05) is 6.61 Å². The van der Waals surface area contributed by atoms with Crippen molar-refractivity contribution in [3.05, 3.63) is 35.6 Å². The molecule has 2 rings (SSSR count). The maximum atomic E-state index is 13.3. The van der Waals surface area contributed by atoms with Gasteiger partial charge < -0.3 is 19.5 Å². The summed E-state index contributed by atoms with van der Waals surface area (Å²) in [6.45, 7) is 9.57. The Morgan fingerprint density at radius 2 is 1.94 bits per heavy atom. The van der Waals surface area contributed by atoms with E-state index in [9.17, 15) is 14.0 Å². The van der Waals surface area contributed by atoms with E-state index in [2.05, 4.69) is 12.2 Å². The number of halogens is 1. The Kier molecular flexibility index (Phi) is 9.29. The first kappa shape index (κ1) is 25.1. The summed E-state index contributed by atoms with van der Waals surface area (Å²) in [5.41, 5.74) is 0.295. The lowest BCUT2D eigenvalue weighted by atomic mass is 9.87. The third-order valence-corrected chi connectivity index (χ3v) is 5.32. The van der Waals surface area contributed by atoms with Crippen LogP contribution in [-0.2, 0) is 25.4 Å². The average Bonchev–Trinajstić information content (AvgIpc) is 2.72. The van der Waals surface area contributed by atoms with Crippen molar-refractivity contribution in [3.8, 4) is 0 Å². The second-order valence-corrected chi connectivity index (χ2v) is 9.18. The zero-order valence-electron chi connectivity index (χ0n) is 19.3. The molecule has 0 aliphatic carbocycles. The molecule has 1 aromatic rings. The van der Waals surface area contributed by atoms with Crippen molar-refractivity contribution < 1.29 is 28.2 Å². The number of amides is 1. The molecule has 0 radical (unpaired) electrons. The molecule has 31 heavy (non-hydrogen) atoms. The smallest absolute Gasteiger partial charge is 0.408 e. The molecule has 1 heterocycles. The largest absolute Gasteiger partial charge is 0.461 e. The highest BCUT2D eigenvalue weighted by molar-refractivity contribution is 5.81. The van der Waals surface area contributed by atoms with Crippen LogP contribution in [0.5, 0.6) is 0 Å². The summed E-state index contributed by atoms with van der Waals surface area (Å²) in [5.74, 6) is -0.865. The number of rotatable bonds is 6. The minimum atomic E-state index is -0.839. The van der Waals surface area contributed by atoms with E-state index in [1.54, 1.807) is 32.9 Å². The van der Waals surface area contributed by atoms with Crippen LogP contribution in [0.1, 0.15) is 65.9 Å². The molecule has 0 saturated carbocycles. The molecule has 1 aliphatic heterocycles. The van der Waals surface area contributed by atoms with E-state index in [1.807, 2.05) is 6.92 Å². The fraction of sp³-hybridized carbons (Fsp3) is 0.667. The molecule has 0 aromatic heterocycles. The second-order valence-electron chi connectivity index (χ2n) is 9.18. The summed E-state index contributed by atoms with van der Waals surface area (Å²) < 4.78 is 30.6. The number of unbranched alkanes of at least 4 members (excludes halogenated alkanes) is 1. The van der Waals surface area contributed by atoms with Gasteiger partial charge in [0, 0.05) is 18.9 Å². The first-order valence-corrected chi connectivity index (χ1v) is 11.1. The van der Waals surface area contributed by atoms with Gasteiger partial charge in [-0.1, -0.05) is 31.9 Å². The minimum Gasteiger partial charge on any atom is -0.461 e. The van der Waals surface area contributed by atoms with Gasteiger partial charge in [-0.05, 0) is 58.2 Å². The third kappa shape index (κ3) is 8.48. The van der Waals surface area contributed by atoms with Crippen LogP contribution in [0.25, 0.3) is 0 Å².